The van der Waals surface area contributed by atoms with Gasteiger partial charge in [-0.3, -0.25) is 4.21 Å². The summed E-state index contributed by atoms with van der Waals surface area (Å²) in [6.45, 7) is 2.38. The second-order valence-corrected chi connectivity index (χ2v) is 6.22. The lowest BCUT2D eigenvalue weighted by Crippen LogP contribution is -2.02. The maximum absolute atomic E-state index is 13.1. The van der Waals surface area contributed by atoms with E-state index < -0.39 is 16.6 Å². The van der Waals surface area contributed by atoms with Gasteiger partial charge in [0.15, 0.2) is 0 Å². The van der Waals surface area contributed by atoms with Crippen molar-refractivity contribution in [3.63, 3.8) is 0 Å². The molecule has 2 N–H and O–H groups in total. The molecular weight excluding hydrogens is 313 g/mol. The lowest BCUT2D eigenvalue weighted by Gasteiger charge is -2.11. The third-order valence-electron chi connectivity index (χ3n) is 2.82. The molecule has 1 unspecified atom stereocenters. The summed E-state index contributed by atoms with van der Waals surface area (Å²) in [5.74, 6) is 0.340. The van der Waals surface area contributed by atoms with Crippen molar-refractivity contribution in [2.24, 2.45) is 0 Å². The van der Waals surface area contributed by atoms with Crippen LogP contribution >= 0.6 is 11.6 Å². The van der Waals surface area contributed by atoms with Crippen LogP contribution < -0.4 is 10.5 Å². The van der Waals surface area contributed by atoms with Gasteiger partial charge >= 0.3 is 0 Å². The van der Waals surface area contributed by atoms with E-state index in [1.807, 2.05) is 6.92 Å². The summed E-state index contributed by atoms with van der Waals surface area (Å²) in [6.07, 6.45) is 0. The van der Waals surface area contributed by atoms with Gasteiger partial charge < -0.3 is 10.5 Å². The highest BCUT2D eigenvalue weighted by Crippen LogP contribution is 2.26. The van der Waals surface area contributed by atoms with Gasteiger partial charge in [0.2, 0.25) is 0 Å². The van der Waals surface area contributed by atoms with E-state index in [9.17, 15) is 8.60 Å². The second-order valence-electron chi connectivity index (χ2n) is 4.37. The molecule has 21 heavy (non-hydrogen) atoms. The van der Waals surface area contributed by atoms with Gasteiger partial charge in [-0.05, 0) is 43.3 Å². The Labute approximate surface area is 130 Å². The first-order chi connectivity index (χ1) is 10.0. The average molecular weight is 328 g/mol. The van der Waals surface area contributed by atoms with Crippen LogP contribution in [0.4, 0.5) is 10.1 Å². The first-order valence-corrected chi connectivity index (χ1v) is 8.05. The molecule has 2 rings (SSSR count). The molecular formula is C15H15ClFNO2S. The van der Waals surface area contributed by atoms with Crippen LogP contribution in [0.25, 0.3) is 0 Å². The van der Waals surface area contributed by atoms with Gasteiger partial charge in [0, 0.05) is 16.1 Å². The van der Waals surface area contributed by atoms with Crippen LogP contribution in [0.15, 0.2) is 41.3 Å². The van der Waals surface area contributed by atoms with E-state index in [4.69, 9.17) is 22.1 Å². The number of hydrogen-bond acceptors (Lipinski definition) is 3. The van der Waals surface area contributed by atoms with Crippen LogP contribution in [0.1, 0.15) is 12.5 Å². The highest BCUT2D eigenvalue weighted by molar-refractivity contribution is 7.84. The Hall–Kier alpha value is -1.59. The van der Waals surface area contributed by atoms with E-state index >= 15 is 0 Å². The third kappa shape index (κ3) is 3.95. The summed E-state index contributed by atoms with van der Waals surface area (Å²) in [4.78, 5) is 0.464. The largest absolute Gasteiger partial charge is 0.494 e. The Bertz CT molecular complexity index is 679. The number of rotatable bonds is 5. The molecule has 0 amide bonds. The van der Waals surface area contributed by atoms with E-state index in [0.717, 1.165) is 5.56 Å². The number of anilines is 1. The van der Waals surface area contributed by atoms with E-state index in [2.05, 4.69) is 0 Å². The van der Waals surface area contributed by atoms with Crippen LogP contribution in [-0.4, -0.2) is 10.8 Å². The number of benzene rings is 2. The maximum Gasteiger partial charge on any atom is 0.141 e. The third-order valence-corrected chi connectivity index (χ3v) is 4.47. The van der Waals surface area contributed by atoms with Crippen molar-refractivity contribution in [1.82, 2.24) is 0 Å². The van der Waals surface area contributed by atoms with E-state index in [1.165, 1.54) is 18.2 Å². The molecule has 0 fully saturated rings. The zero-order chi connectivity index (χ0) is 15.4. The Morgan fingerprint density at radius 2 is 2.05 bits per heavy atom. The molecule has 0 saturated heterocycles. The normalized spacial score (nSPS) is 12.1. The number of ether oxygens (including phenoxy) is 1. The molecule has 2 aromatic rings. The van der Waals surface area contributed by atoms with Gasteiger partial charge in [-0.15, -0.1) is 0 Å². The number of nitrogen functional groups attached to an aromatic ring is 1. The molecule has 2 aromatic carbocycles. The molecule has 0 saturated carbocycles. The molecule has 112 valence electrons. The van der Waals surface area contributed by atoms with Crippen molar-refractivity contribution < 1.29 is 13.3 Å². The molecule has 0 aliphatic carbocycles. The number of nitrogens with two attached hydrogens (primary N) is 1. The predicted molar refractivity (Wildman–Crippen MR) is 83.5 cm³/mol. The minimum absolute atomic E-state index is 0.0431. The molecule has 1 atom stereocenters. The summed E-state index contributed by atoms with van der Waals surface area (Å²) in [7, 11) is -1.36. The molecule has 0 heterocycles. The van der Waals surface area contributed by atoms with Gasteiger partial charge in [0.25, 0.3) is 0 Å². The van der Waals surface area contributed by atoms with Crippen LogP contribution in [0, 0.1) is 5.82 Å². The molecule has 0 radical (unpaired) electrons. The lowest BCUT2D eigenvalue weighted by atomic mass is 10.2. The van der Waals surface area contributed by atoms with Gasteiger partial charge in [-0.2, -0.15) is 0 Å². The van der Waals surface area contributed by atoms with Gasteiger partial charge in [0.05, 0.1) is 28.2 Å². The molecule has 0 bridgehead atoms. The standard InChI is InChI=1S/C15H15ClFNO2S/c1-2-20-15-6-3-11(18)7-10(15)9-21(19)12-4-5-14(17)13(16)8-12/h3-8H,2,9,18H2,1H3. The lowest BCUT2D eigenvalue weighted by molar-refractivity contribution is 0.337. The minimum Gasteiger partial charge on any atom is -0.494 e. The van der Waals surface area contributed by atoms with Crippen molar-refractivity contribution in [2.75, 3.05) is 12.3 Å². The summed E-state index contributed by atoms with van der Waals surface area (Å²) >= 11 is 5.71. The summed E-state index contributed by atoms with van der Waals surface area (Å²) in [5.41, 5.74) is 7.07. The molecule has 0 aliphatic rings. The van der Waals surface area contributed by atoms with Crippen molar-refractivity contribution in [3.05, 3.63) is 52.8 Å². The van der Waals surface area contributed by atoms with Crippen molar-refractivity contribution in [3.8, 4) is 5.75 Å². The Morgan fingerprint density at radius 1 is 1.29 bits per heavy atom. The fraction of sp³-hybridized carbons (Fsp3) is 0.200. The van der Waals surface area contributed by atoms with Crippen molar-refractivity contribution in [1.29, 1.82) is 0 Å². The Balaban J connectivity index is 2.26. The Morgan fingerprint density at radius 3 is 2.71 bits per heavy atom. The van der Waals surface area contributed by atoms with Crippen molar-refractivity contribution in [2.45, 2.75) is 17.6 Å². The van der Waals surface area contributed by atoms with Gasteiger partial charge in [-0.25, -0.2) is 4.39 Å². The zero-order valence-corrected chi connectivity index (χ0v) is 13.0. The topological polar surface area (TPSA) is 52.3 Å². The number of halogens is 2. The first-order valence-electron chi connectivity index (χ1n) is 6.36. The molecule has 3 nitrogen and oxygen atoms in total. The summed E-state index contributed by atoms with van der Waals surface area (Å²) < 4.78 is 31.0. The smallest absolute Gasteiger partial charge is 0.141 e. The van der Waals surface area contributed by atoms with Gasteiger partial charge in [0.1, 0.15) is 11.6 Å². The summed E-state index contributed by atoms with van der Waals surface area (Å²) in [5, 5.41) is -0.0431. The highest BCUT2D eigenvalue weighted by atomic mass is 35.5. The molecule has 0 aromatic heterocycles. The monoisotopic (exact) mass is 327 g/mol. The average Bonchev–Trinajstić information content (AvgIpc) is 2.45. The van der Waals surface area contributed by atoms with Gasteiger partial charge in [-0.1, -0.05) is 11.6 Å². The number of hydrogen-bond donors (Lipinski definition) is 1. The SMILES string of the molecule is CCOc1ccc(N)cc1CS(=O)c1ccc(F)c(Cl)c1. The fourth-order valence-electron chi connectivity index (χ4n) is 1.85. The maximum atomic E-state index is 13.1. The second kappa shape index (κ2) is 6.91. The molecule has 6 heteroatoms. The zero-order valence-electron chi connectivity index (χ0n) is 11.4. The summed E-state index contributed by atoms with van der Waals surface area (Å²) in [6, 6.07) is 9.26. The van der Waals surface area contributed by atoms with Crippen LogP contribution in [0.3, 0.4) is 0 Å². The highest BCUT2D eigenvalue weighted by Gasteiger charge is 2.12. The van der Waals surface area contributed by atoms with Crippen molar-refractivity contribution >= 4 is 28.1 Å². The molecule has 0 spiro atoms. The van der Waals surface area contributed by atoms with Crippen LogP contribution in [0.5, 0.6) is 5.75 Å². The Kier molecular flexibility index (Phi) is 5.20. The quantitative estimate of drug-likeness (QED) is 0.850. The van der Waals surface area contributed by atoms with E-state index in [1.54, 1.807) is 18.2 Å². The predicted octanol–water partition coefficient (Wildman–Crippen LogP) is 3.77. The van der Waals surface area contributed by atoms with Crippen LogP contribution in [0.2, 0.25) is 5.02 Å². The molecule has 0 aliphatic heterocycles. The fourth-order valence-corrected chi connectivity index (χ4v) is 3.24. The van der Waals surface area contributed by atoms with E-state index in [0.29, 0.717) is 22.9 Å². The van der Waals surface area contributed by atoms with E-state index in [-0.39, 0.29) is 10.8 Å². The first kappa shape index (κ1) is 15.8. The minimum atomic E-state index is -1.36. The van der Waals surface area contributed by atoms with Crippen LogP contribution in [-0.2, 0) is 16.6 Å².